The molecule has 2 aromatic carbocycles. The molecule has 43 heavy (non-hydrogen) atoms. The Balaban J connectivity index is 1.10. The maximum Gasteiger partial charge on any atom is 0.354 e. The van der Waals surface area contributed by atoms with Crippen LogP contribution in [0.1, 0.15) is 74.9 Å². The number of benzene rings is 2. The number of nitrogens with zero attached hydrogens (tertiary/aromatic N) is 3. The second kappa shape index (κ2) is 10.2. The molecule has 10 heteroatoms. The summed E-state index contributed by atoms with van der Waals surface area (Å²) in [6.07, 6.45) is 7.11. The number of rotatable bonds is 6. The zero-order valence-corrected chi connectivity index (χ0v) is 23.8. The number of fused-ring (bicyclic) bond motifs is 2. The molecule has 0 atom stereocenters. The molecule has 7 rings (SSSR count). The third kappa shape index (κ3) is 4.81. The number of hydrogen-bond donors (Lipinski definition) is 2. The first-order chi connectivity index (χ1) is 20.7. The lowest BCUT2D eigenvalue weighted by Crippen LogP contribution is -2.52. The molecule has 0 unspecified atom stereocenters. The normalized spacial score (nSPS) is 17.5. The van der Waals surface area contributed by atoms with Crippen LogP contribution in [0.3, 0.4) is 0 Å². The highest BCUT2D eigenvalue weighted by molar-refractivity contribution is 6.03. The number of carboxylic acids is 1. The number of aryl methyl sites for hydroxylation is 1. The molecule has 1 aliphatic carbocycles. The fourth-order valence-corrected chi connectivity index (χ4v) is 6.50. The molecule has 1 amide bonds. The van der Waals surface area contributed by atoms with E-state index in [2.05, 4.69) is 22.7 Å². The molecule has 4 heterocycles. The molecule has 10 nitrogen and oxygen atoms in total. The molecule has 0 radical (unpaired) electrons. The molecule has 3 aliphatic rings. The first kappa shape index (κ1) is 27.2. The molecule has 2 aromatic heterocycles. The predicted molar refractivity (Wildman–Crippen MR) is 159 cm³/mol. The number of Topliss-reactive ketones (excluding diaryl/α,β-unsaturated/α-hetero) is 1. The minimum Gasteiger partial charge on any atom is -0.486 e. The van der Waals surface area contributed by atoms with Gasteiger partial charge in [-0.1, -0.05) is 6.07 Å². The standard InChI is InChI=1S/C33H32N4O6/c1-19-17-37(23-3-4-23)26-14-22(15-29(30(19)26)42-18-34)31(39)36-10-7-33(8-11-36)16-27(38)24-12-20(2-5-28(24)43-33)21-6-9-35-25(13-21)32(40)41/h2,5-6,9,12-15,17,23H,3-4,7-8,10-11,16,18,34H2,1H3,(H,40,41). The summed E-state index contributed by atoms with van der Waals surface area (Å²) in [7, 11) is 0. The van der Waals surface area contributed by atoms with Gasteiger partial charge in [-0.3, -0.25) is 15.3 Å². The Labute approximate surface area is 248 Å². The van der Waals surface area contributed by atoms with Gasteiger partial charge in [0, 0.05) is 55.3 Å². The number of amides is 1. The van der Waals surface area contributed by atoms with Crippen LogP contribution in [0.4, 0.5) is 0 Å². The zero-order valence-electron chi connectivity index (χ0n) is 23.8. The molecular formula is C33H32N4O6. The Morgan fingerprint density at radius 3 is 2.60 bits per heavy atom. The molecule has 220 valence electrons. The first-order valence-electron chi connectivity index (χ1n) is 14.6. The van der Waals surface area contributed by atoms with Crippen LogP contribution >= 0.6 is 0 Å². The Bertz CT molecular complexity index is 1800. The first-order valence-corrected chi connectivity index (χ1v) is 14.6. The van der Waals surface area contributed by atoms with Crippen LogP contribution in [0, 0.1) is 6.92 Å². The van der Waals surface area contributed by atoms with Crippen molar-refractivity contribution >= 4 is 28.6 Å². The predicted octanol–water partition coefficient (Wildman–Crippen LogP) is 4.98. The SMILES string of the molecule is Cc1cn(C2CC2)c2cc(C(=O)N3CCC4(CC3)CC(=O)c3cc(-c5ccnc(C(=O)O)c5)ccc3O4)cc(OCN)c12. The summed E-state index contributed by atoms with van der Waals surface area (Å²) in [6.45, 7) is 2.99. The maximum absolute atomic E-state index is 13.8. The lowest BCUT2D eigenvalue weighted by atomic mass is 9.82. The second-order valence-corrected chi connectivity index (χ2v) is 11.8. The van der Waals surface area contributed by atoms with E-state index in [1.165, 1.54) is 12.3 Å². The molecule has 1 spiro atoms. The average molecular weight is 581 g/mol. The zero-order chi connectivity index (χ0) is 29.9. The molecular weight excluding hydrogens is 548 g/mol. The van der Waals surface area contributed by atoms with E-state index in [1.54, 1.807) is 24.3 Å². The summed E-state index contributed by atoms with van der Waals surface area (Å²) in [6, 6.07) is 12.8. The van der Waals surface area contributed by atoms with Gasteiger partial charge >= 0.3 is 5.97 Å². The van der Waals surface area contributed by atoms with Gasteiger partial charge in [-0.05, 0) is 72.9 Å². The average Bonchev–Trinajstić information content (AvgIpc) is 3.80. The summed E-state index contributed by atoms with van der Waals surface area (Å²) in [5.41, 5.74) is 9.51. The van der Waals surface area contributed by atoms with Crippen molar-refractivity contribution in [3.8, 4) is 22.6 Å². The second-order valence-electron chi connectivity index (χ2n) is 11.8. The molecule has 3 N–H and O–H groups in total. The Kier molecular flexibility index (Phi) is 6.46. The third-order valence-corrected chi connectivity index (χ3v) is 8.88. The van der Waals surface area contributed by atoms with E-state index in [9.17, 15) is 19.5 Å². The number of pyridine rings is 1. The van der Waals surface area contributed by atoms with Gasteiger partial charge in [0.1, 0.15) is 29.5 Å². The van der Waals surface area contributed by atoms with Crippen molar-refractivity contribution in [2.45, 2.75) is 50.7 Å². The summed E-state index contributed by atoms with van der Waals surface area (Å²) < 4.78 is 14.5. The van der Waals surface area contributed by atoms with Crippen molar-refractivity contribution in [2.24, 2.45) is 5.73 Å². The fraction of sp³-hybridized carbons (Fsp3) is 0.333. The van der Waals surface area contributed by atoms with Crippen molar-refractivity contribution < 1.29 is 29.0 Å². The van der Waals surface area contributed by atoms with E-state index in [4.69, 9.17) is 15.2 Å². The highest BCUT2D eigenvalue weighted by atomic mass is 16.5. The Hall–Kier alpha value is -4.70. The fourth-order valence-electron chi connectivity index (χ4n) is 6.50. The number of ether oxygens (including phenoxy) is 2. The van der Waals surface area contributed by atoms with Gasteiger partial charge in [0.2, 0.25) is 0 Å². The Morgan fingerprint density at radius 1 is 1.12 bits per heavy atom. The topological polar surface area (TPSA) is 137 Å². The minimum atomic E-state index is -1.11. The van der Waals surface area contributed by atoms with Crippen molar-refractivity contribution in [2.75, 3.05) is 19.8 Å². The highest BCUT2D eigenvalue weighted by Crippen LogP contribution is 2.43. The van der Waals surface area contributed by atoms with Crippen LogP contribution in [0.5, 0.6) is 11.5 Å². The molecule has 4 aromatic rings. The van der Waals surface area contributed by atoms with Crippen LogP contribution in [-0.2, 0) is 0 Å². The van der Waals surface area contributed by atoms with Crippen molar-refractivity contribution in [1.82, 2.24) is 14.5 Å². The number of aromatic nitrogens is 2. The summed E-state index contributed by atoms with van der Waals surface area (Å²) >= 11 is 0. The molecule has 2 fully saturated rings. The quantitative estimate of drug-likeness (QED) is 0.305. The number of hydrogen-bond acceptors (Lipinski definition) is 7. The number of piperidine rings is 1. The van der Waals surface area contributed by atoms with Crippen molar-refractivity contribution in [1.29, 1.82) is 0 Å². The lowest BCUT2D eigenvalue weighted by Gasteiger charge is -2.44. The number of carbonyl (C=O) groups is 3. The van der Waals surface area contributed by atoms with Crippen LogP contribution < -0.4 is 15.2 Å². The number of nitrogens with two attached hydrogens (primary N) is 1. The largest absolute Gasteiger partial charge is 0.486 e. The van der Waals surface area contributed by atoms with Crippen molar-refractivity contribution in [3.05, 3.63) is 77.2 Å². The van der Waals surface area contributed by atoms with Crippen LogP contribution in [0.15, 0.2) is 54.9 Å². The maximum atomic E-state index is 13.8. The summed E-state index contributed by atoms with van der Waals surface area (Å²) in [5, 5.41) is 10.3. The third-order valence-electron chi connectivity index (χ3n) is 8.88. The van der Waals surface area contributed by atoms with Gasteiger partial charge in [0.25, 0.3) is 5.91 Å². The van der Waals surface area contributed by atoms with Gasteiger partial charge in [-0.2, -0.15) is 0 Å². The van der Waals surface area contributed by atoms with Crippen LogP contribution in [0.25, 0.3) is 22.0 Å². The van der Waals surface area contributed by atoms with E-state index >= 15 is 0 Å². The van der Waals surface area contributed by atoms with Crippen molar-refractivity contribution in [3.63, 3.8) is 0 Å². The van der Waals surface area contributed by atoms with E-state index in [1.807, 2.05) is 17.0 Å². The minimum absolute atomic E-state index is 0.0211. The highest BCUT2D eigenvalue weighted by Gasteiger charge is 2.44. The Morgan fingerprint density at radius 2 is 1.88 bits per heavy atom. The van der Waals surface area contributed by atoms with Crippen LogP contribution in [-0.4, -0.2) is 62.6 Å². The smallest absolute Gasteiger partial charge is 0.354 e. The van der Waals surface area contributed by atoms with E-state index in [0.717, 1.165) is 34.9 Å². The van der Waals surface area contributed by atoms with Gasteiger partial charge in [-0.15, -0.1) is 0 Å². The van der Waals surface area contributed by atoms with Gasteiger partial charge < -0.3 is 24.0 Å². The van der Waals surface area contributed by atoms with E-state index in [0.29, 0.717) is 60.2 Å². The number of carboxylic acid groups (broad SMARTS) is 1. The molecule has 1 saturated carbocycles. The number of aromatic carboxylic acids is 1. The number of ketones is 1. The van der Waals surface area contributed by atoms with E-state index in [-0.39, 0.29) is 30.5 Å². The van der Waals surface area contributed by atoms with E-state index < -0.39 is 11.6 Å². The number of likely N-dealkylation sites (tertiary alicyclic amines) is 1. The van der Waals surface area contributed by atoms with Gasteiger partial charge in [-0.25, -0.2) is 9.78 Å². The monoisotopic (exact) mass is 580 g/mol. The van der Waals surface area contributed by atoms with Gasteiger partial charge in [0.05, 0.1) is 17.5 Å². The summed E-state index contributed by atoms with van der Waals surface area (Å²) in [4.78, 5) is 44.2. The van der Waals surface area contributed by atoms with Gasteiger partial charge in [0.15, 0.2) is 5.78 Å². The molecule has 1 saturated heterocycles. The van der Waals surface area contributed by atoms with Crippen LogP contribution in [0.2, 0.25) is 0 Å². The molecule has 2 aliphatic heterocycles. The lowest BCUT2D eigenvalue weighted by molar-refractivity contribution is -0.00572. The molecule has 0 bridgehead atoms. The number of carbonyl (C=O) groups excluding carboxylic acids is 2. The summed E-state index contributed by atoms with van der Waals surface area (Å²) in [5.74, 6) is -0.0843.